The van der Waals surface area contributed by atoms with Gasteiger partial charge in [-0.1, -0.05) is 189 Å². The van der Waals surface area contributed by atoms with Crippen LogP contribution < -0.4 is 0 Å². The minimum atomic E-state index is -0.0892. The minimum absolute atomic E-state index is 0.00329. The third-order valence-corrected chi connectivity index (χ3v) is 12.9. The molecule has 2 unspecified atom stereocenters. The first-order valence-corrected chi connectivity index (χ1v) is 27.7. The van der Waals surface area contributed by atoms with Gasteiger partial charge in [0.1, 0.15) is 19.3 Å². The van der Waals surface area contributed by atoms with Crippen molar-refractivity contribution in [2.24, 2.45) is 11.8 Å². The second kappa shape index (κ2) is 43.3. The molecule has 7 heteroatoms. The maximum atomic E-state index is 13.1. The number of carbonyl (C=O) groups excluding carboxylic acids is 3. The summed E-state index contributed by atoms with van der Waals surface area (Å²) in [6.45, 7) is 6.28. The molecule has 0 fully saturated rings. The van der Waals surface area contributed by atoms with Crippen LogP contribution in [0.5, 0.6) is 0 Å². The monoisotopic (exact) mass is 942 g/mol. The van der Waals surface area contributed by atoms with E-state index in [1.807, 2.05) is 60.7 Å². The third-order valence-electron chi connectivity index (χ3n) is 12.9. The zero-order valence-corrected chi connectivity index (χ0v) is 44.0. The van der Waals surface area contributed by atoms with E-state index in [9.17, 15) is 14.4 Å². The van der Waals surface area contributed by atoms with Crippen molar-refractivity contribution in [3.8, 4) is 0 Å². The van der Waals surface area contributed by atoms with Crippen molar-refractivity contribution < 1.29 is 28.6 Å². The van der Waals surface area contributed by atoms with Crippen LogP contribution in [0.4, 0.5) is 0 Å². The molecule has 0 spiro atoms. The fraction of sp³-hybridized carbons (Fsp3) is 0.689. The Balaban J connectivity index is 1.47. The Labute approximate surface area is 417 Å². The Kier molecular flexibility index (Phi) is 38.5. The summed E-state index contributed by atoms with van der Waals surface area (Å²) in [4.78, 5) is 39.3. The predicted octanol–water partition coefficient (Wildman–Crippen LogP) is 16.8. The lowest BCUT2D eigenvalue weighted by molar-refractivity contribution is -0.151. The second-order valence-electron chi connectivity index (χ2n) is 20.3. The summed E-state index contributed by atoms with van der Waals surface area (Å²) in [6, 6.07) is 19.7. The average molecular weight is 942 g/mol. The van der Waals surface area contributed by atoms with E-state index < -0.39 is 0 Å². The van der Waals surface area contributed by atoms with Crippen LogP contribution in [0.2, 0.25) is 0 Å². The Morgan fingerprint density at radius 1 is 0.456 bits per heavy atom. The van der Waals surface area contributed by atoms with E-state index >= 15 is 0 Å². The van der Waals surface area contributed by atoms with Crippen molar-refractivity contribution in [1.82, 2.24) is 4.90 Å². The summed E-state index contributed by atoms with van der Waals surface area (Å²) in [7, 11) is 4.24. The fourth-order valence-electron chi connectivity index (χ4n) is 9.15. The van der Waals surface area contributed by atoms with Gasteiger partial charge in [0.25, 0.3) is 0 Å². The zero-order valence-electron chi connectivity index (χ0n) is 44.0. The van der Waals surface area contributed by atoms with Crippen molar-refractivity contribution in [1.29, 1.82) is 0 Å². The molecule has 0 aliphatic heterocycles. The Hall–Kier alpha value is -3.71. The van der Waals surface area contributed by atoms with E-state index in [0.717, 1.165) is 88.3 Å². The first-order valence-electron chi connectivity index (χ1n) is 27.7. The van der Waals surface area contributed by atoms with E-state index in [4.69, 9.17) is 14.2 Å². The largest absolute Gasteiger partial charge is 0.462 e. The molecule has 68 heavy (non-hydrogen) atoms. The van der Waals surface area contributed by atoms with Crippen LogP contribution in [0.25, 0.3) is 0 Å². The first kappa shape index (κ1) is 60.4. The Morgan fingerprint density at radius 3 is 1.19 bits per heavy atom. The lowest BCUT2D eigenvalue weighted by atomic mass is 9.94. The third kappa shape index (κ3) is 38.2. The topological polar surface area (TPSA) is 82.1 Å². The first-order chi connectivity index (χ1) is 33.2. The summed E-state index contributed by atoms with van der Waals surface area (Å²) in [6.07, 6.45) is 45.0. The van der Waals surface area contributed by atoms with E-state index in [1.54, 1.807) is 0 Å². The molecule has 0 aromatic heterocycles. The minimum Gasteiger partial charge on any atom is -0.462 e. The van der Waals surface area contributed by atoms with Gasteiger partial charge in [0, 0.05) is 25.8 Å². The highest BCUT2D eigenvalue weighted by molar-refractivity contribution is 5.70. The lowest BCUT2D eigenvalue weighted by Crippen LogP contribution is -2.23. The second-order valence-corrected chi connectivity index (χ2v) is 20.3. The number of unbranched alkanes of at least 4 members (excludes halogenated alkanes) is 22. The Morgan fingerprint density at radius 2 is 0.809 bits per heavy atom. The smallest absolute Gasteiger partial charge is 0.306 e. The number of nitrogens with zero attached hydrogens (tertiary/aromatic N) is 1. The molecule has 0 N–H and O–H groups in total. The van der Waals surface area contributed by atoms with Crippen LogP contribution >= 0.6 is 0 Å². The van der Waals surface area contributed by atoms with Crippen LogP contribution in [-0.2, 0) is 41.8 Å². The van der Waals surface area contributed by atoms with Gasteiger partial charge in [-0.05, 0) is 133 Å². The molecule has 0 saturated heterocycles. The van der Waals surface area contributed by atoms with Crippen molar-refractivity contribution in [2.75, 3.05) is 20.6 Å². The molecule has 2 atom stereocenters. The Bertz CT molecular complexity index is 1440. The van der Waals surface area contributed by atoms with Gasteiger partial charge >= 0.3 is 17.9 Å². The number of rotatable bonds is 45. The molecule has 0 bridgehead atoms. The van der Waals surface area contributed by atoms with Crippen LogP contribution in [0.1, 0.15) is 230 Å². The summed E-state index contributed by atoms with van der Waals surface area (Å²) >= 11 is 0. The van der Waals surface area contributed by atoms with Crippen LogP contribution in [-0.4, -0.2) is 49.6 Å². The molecule has 0 aliphatic carbocycles. The molecule has 2 aromatic rings. The number of carbonyl (C=O) groups is 3. The van der Waals surface area contributed by atoms with Crippen molar-refractivity contribution in [2.45, 2.75) is 239 Å². The molecular formula is C61H99NO6. The van der Waals surface area contributed by atoms with Crippen molar-refractivity contribution in [3.05, 3.63) is 96.1 Å². The molecule has 0 radical (unpaired) electrons. The highest BCUT2D eigenvalue weighted by atomic mass is 16.5. The maximum absolute atomic E-state index is 13.1. The molecule has 7 nitrogen and oxygen atoms in total. The highest BCUT2D eigenvalue weighted by Gasteiger charge is 2.19. The summed E-state index contributed by atoms with van der Waals surface area (Å²) in [5.74, 6) is 0.744. The number of hydrogen-bond acceptors (Lipinski definition) is 7. The molecule has 384 valence electrons. The normalized spacial score (nSPS) is 12.6. The van der Waals surface area contributed by atoms with E-state index in [-0.39, 0.29) is 24.0 Å². The molecule has 2 aromatic carbocycles. The summed E-state index contributed by atoms with van der Waals surface area (Å²) < 4.78 is 16.9. The number of hydrogen-bond donors (Lipinski definition) is 0. The maximum Gasteiger partial charge on any atom is 0.306 e. The van der Waals surface area contributed by atoms with Gasteiger partial charge in [0.15, 0.2) is 0 Å². The molecular weight excluding hydrogens is 843 g/mol. The van der Waals surface area contributed by atoms with Crippen molar-refractivity contribution >= 4 is 17.9 Å². The van der Waals surface area contributed by atoms with Gasteiger partial charge in [-0.2, -0.15) is 0 Å². The zero-order chi connectivity index (χ0) is 49.0. The fourth-order valence-corrected chi connectivity index (χ4v) is 9.15. The van der Waals surface area contributed by atoms with Crippen molar-refractivity contribution in [3.63, 3.8) is 0 Å². The van der Waals surface area contributed by atoms with Crippen LogP contribution in [0, 0.1) is 11.8 Å². The average Bonchev–Trinajstić information content (AvgIpc) is 3.32. The van der Waals surface area contributed by atoms with E-state index in [1.165, 1.54) is 116 Å². The molecule has 0 amide bonds. The number of esters is 3. The SMILES string of the molecule is CC(CC(=O)OC(CCCCCCCC/C=C\CCCCCCCC(=O)OCc1ccccc1)CCCCCCCC/C=C\CCCCCCCC(=O)OCc1ccccc1)CC(C)CN(C)C. The van der Waals surface area contributed by atoms with Gasteiger partial charge in [-0.25, -0.2) is 0 Å². The number of allylic oxidation sites excluding steroid dienone is 4. The van der Waals surface area contributed by atoms with Gasteiger partial charge in [0.2, 0.25) is 0 Å². The van der Waals surface area contributed by atoms with Gasteiger partial charge in [-0.15, -0.1) is 0 Å². The summed E-state index contributed by atoms with van der Waals surface area (Å²) in [5.41, 5.74) is 2.08. The number of benzene rings is 2. The van der Waals surface area contributed by atoms with Gasteiger partial charge < -0.3 is 19.1 Å². The highest BCUT2D eigenvalue weighted by Crippen LogP contribution is 2.21. The molecule has 0 saturated carbocycles. The van der Waals surface area contributed by atoms with E-state index in [2.05, 4.69) is 57.1 Å². The predicted molar refractivity (Wildman–Crippen MR) is 285 cm³/mol. The molecule has 2 rings (SSSR count). The lowest BCUT2D eigenvalue weighted by Gasteiger charge is -2.22. The van der Waals surface area contributed by atoms with Crippen LogP contribution in [0.15, 0.2) is 85.0 Å². The van der Waals surface area contributed by atoms with Gasteiger partial charge in [0.05, 0.1) is 0 Å². The van der Waals surface area contributed by atoms with E-state index in [0.29, 0.717) is 44.3 Å². The standard InChI is InChI=1S/C61H99NO6/c1-54(49-55(2)51-62(3)4)50-61(65)68-58(45-37-27-23-19-15-11-7-5-9-13-17-21-25-29-39-47-59(63)66-52-56-41-33-31-34-42-56)46-38-28-24-20-16-12-8-6-10-14-18-22-26-30-40-48-60(64)67-53-57-43-35-32-36-44-57/h5-6,9-10,31-36,41-44,54-55,58H,7-8,11-30,37-40,45-53H2,1-4H3/b9-5-,10-6-. The molecule has 0 heterocycles. The number of ether oxygens (including phenoxy) is 3. The summed E-state index contributed by atoms with van der Waals surface area (Å²) in [5, 5.41) is 0. The quantitative estimate of drug-likeness (QED) is 0.0283. The van der Waals surface area contributed by atoms with Gasteiger partial charge in [-0.3, -0.25) is 14.4 Å². The molecule has 0 aliphatic rings. The van der Waals surface area contributed by atoms with Crippen LogP contribution in [0.3, 0.4) is 0 Å².